The summed E-state index contributed by atoms with van der Waals surface area (Å²) in [6, 6.07) is 13.1. The number of hydrogen-bond acceptors (Lipinski definition) is 6. The second kappa shape index (κ2) is 9.75. The topological polar surface area (TPSA) is 117 Å². The number of methoxy groups -OCH3 is 1. The molecule has 2 unspecified atom stereocenters. The van der Waals surface area contributed by atoms with Crippen LogP contribution in [0.2, 0.25) is 0 Å². The molecule has 0 radical (unpaired) electrons. The van der Waals surface area contributed by atoms with E-state index in [0.717, 1.165) is 22.5 Å². The van der Waals surface area contributed by atoms with Gasteiger partial charge in [-0.15, -0.1) is 0 Å². The van der Waals surface area contributed by atoms with E-state index < -0.39 is 0 Å². The van der Waals surface area contributed by atoms with Crippen molar-refractivity contribution in [3.05, 3.63) is 107 Å². The molecule has 1 aromatic carbocycles. The number of imidazole rings is 2. The van der Waals surface area contributed by atoms with Crippen LogP contribution >= 0.6 is 0 Å². The Kier molecular flexibility index (Phi) is 6.11. The van der Waals surface area contributed by atoms with Crippen molar-refractivity contribution in [1.29, 1.82) is 0 Å². The molecule has 4 aromatic heterocycles. The number of aliphatic hydroxyl groups is 1. The SMILES string of the molecule is COc1ncccc1C1C=C(c2nc3ccc(C(=O)NCc4cn5cccc(C)c5n4)cc3[nH]2)C(O)=CC1C. The number of carbonyl (C=O) groups excluding carboxylic acids is 1. The van der Waals surface area contributed by atoms with E-state index in [2.05, 4.69) is 20.3 Å². The average molecular weight is 521 g/mol. The number of nitrogens with zero attached hydrogens (tertiary/aromatic N) is 4. The summed E-state index contributed by atoms with van der Waals surface area (Å²) in [6.45, 7) is 4.36. The Morgan fingerprint density at radius 2 is 2.05 bits per heavy atom. The van der Waals surface area contributed by atoms with Gasteiger partial charge in [-0.25, -0.2) is 15.0 Å². The van der Waals surface area contributed by atoms with E-state index in [1.165, 1.54) is 0 Å². The number of ether oxygens (including phenoxy) is 1. The lowest BCUT2D eigenvalue weighted by Crippen LogP contribution is -2.22. The number of aryl methyl sites for hydroxylation is 1. The smallest absolute Gasteiger partial charge is 0.251 e. The Balaban J connectivity index is 1.25. The van der Waals surface area contributed by atoms with Crippen molar-refractivity contribution in [2.24, 2.45) is 5.92 Å². The number of amides is 1. The van der Waals surface area contributed by atoms with Crippen LogP contribution < -0.4 is 10.1 Å². The molecule has 196 valence electrons. The number of allylic oxidation sites excluding steroid dienone is 3. The van der Waals surface area contributed by atoms with Gasteiger partial charge in [-0.2, -0.15) is 0 Å². The molecule has 5 aromatic rings. The van der Waals surface area contributed by atoms with E-state index in [9.17, 15) is 9.90 Å². The van der Waals surface area contributed by atoms with Crippen molar-refractivity contribution < 1.29 is 14.6 Å². The van der Waals surface area contributed by atoms with Gasteiger partial charge in [0, 0.05) is 35.6 Å². The summed E-state index contributed by atoms with van der Waals surface area (Å²) < 4.78 is 7.43. The summed E-state index contributed by atoms with van der Waals surface area (Å²) in [7, 11) is 1.60. The monoisotopic (exact) mass is 520 g/mol. The van der Waals surface area contributed by atoms with Gasteiger partial charge in [-0.3, -0.25) is 4.79 Å². The van der Waals surface area contributed by atoms with Crippen molar-refractivity contribution in [3.8, 4) is 5.88 Å². The summed E-state index contributed by atoms with van der Waals surface area (Å²) in [4.78, 5) is 29.9. The predicted octanol–water partition coefficient (Wildman–Crippen LogP) is 5.11. The zero-order chi connectivity index (χ0) is 27.1. The fraction of sp³-hybridized carbons (Fsp3) is 0.200. The van der Waals surface area contributed by atoms with Crippen molar-refractivity contribution in [1.82, 2.24) is 29.7 Å². The average Bonchev–Trinajstić information content (AvgIpc) is 3.56. The fourth-order valence-corrected chi connectivity index (χ4v) is 5.10. The molecule has 6 rings (SSSR count). The first-order chi connectivity index (χ1) is 18.9. The third-order valence-electron chi connectivity index (χ3n) is 7.12. The second-order valence-electron chi connectivity index (χ2n) is 9.77. The number of aliphatic hydroxyl groups excluding tert-OH is 1. The highest BCUT2D eigenvalue weighted by Gasteiger charge is 2.28. The van der Waals surface area contributed by atoms with E-state index in [-0.39, 0.29) is 23.5 Å². The third kappa shape index (κ3) is 4.52. The molecule has 9 heteroatoms. The molecule has 0 saturated heterocycles. The number of hydrogen-bond donors (Lipinski definition) is 3. The molecule has 4 heterocycles. The van der Waals surface area contributed by atoms with Gasteiger partial charge in [-0.1, -0.05) is 25.1 Å². The molecule has 1 aliphatic carbocycles. The van der Waals surface area contributed by atoms with Crippen molar-refractivity contribution in [2.45, 2.75) is 26.3 Å². The van der Waals surface area contributed by atoms with Crippen LogP contribution in [0.4, 0.5) is 0 Å². The van der Waals surface area contributed by atoms with Gasteiger partial charge in [-0.05, 0) is 54.8 Å². The lowest BCUT2D eigenvalue weighted by molar-refractivity contribution is 0.0950. The van der Waals surface area contributed by atoms with Crippen LogP contribution in [0.25, 0.3) is 22.3 Å². The number of aromatic nitrogens is 5. The third-order valence-corrected chi connectivity index (χ3v) is 7.12. The van der Waals surface area contributed by atoms with Gasteiger partial charge in [0.1, 0.15) is 17.2 Å². The molecule has 2 atom stereocenters. The summed E-state index contributed by atoms with van der Waals surface area (Å²) >= 11 is 0. The molecule has 39 heavy (non-hydrogen) atoms. The van der Waals surface area contributed by atoms with Gasteiger partial charge in [0.2, 0.25) is 5.88 Å². The Bertz CT molecular complexity index is 1780. The van der Waals surface area contributed by atoms with Crippen LogP contribution in [0.1, 0.15) is 45.8 Å². The summed E-state index contributed by atoms with van der Waals surface area (Å²) in [5.41, 5.74) is 6.15. The number of carbonyl (C=O) groups is 1. The van der Waals surface area contributed by atoms with Crippen molar-refractivity contribution in [2.75, 3.05) is 7.11 Å². The fourth-order valence-electron chi connectivity index (χ4n) is 5.10. The first kappa shape index (κ1) is 24.4. The second-order valence-corrected chi connectivity index (χ2v) is 9.77. The molecule has 1 aliphatic rings. The number of pyridine rings is 2. The van der Waals surface area contributed by atoms with Gasteiger partial charge < -0.3 is 24.5 Å². The lowest BCUT2D eigenvalue weighted by atomic mass is 9.81. The molecule has 9 nitrogen and oxygen atoms in total. The normalized spacial score (nSPS) is 17.2. The molecule has 0 bridgehead atoms. The van der Waals surface area contributed by atoms with Crippen molar-refractivity contribution >= 4 is 28.2 Å². The van der Waals surface area contributed by atoms with E-state index >= 15 is 0 Å². The van der Waals surface area contributed by atoms with E-state index in [1.54, 1.807) is 31.5 Å². The molecule has 1 amide bonds. The van der Waals surface area contributed by atoms with Crippen LogP contribution in [0.5, 0.6) is 5.88 Å². The van der Waals surface area contributed by atoms with Gasteiger partial charge in [0.15, 0.2) is 0 Å². The first-order valence-corrected chi connectivity index (χ1v) is 12.7. The Morgan fingerprint density at radius 3 is 2.87 bits per heavy atom. The Hall–Kier alpha value is -4.92. The number of rotatable bonds is 6. The molecule has 0 aliphatic heterocycles. The summed E-state index contributed by atoms with van der Waals surface area (Å²) in [5, 5.41) is 13.8. The number of aromatic amines is 1. The summed E-state index contributed by atoms with van der Waals surface area (Å²) in [5.74, 6) is 0.996. The molecular formula is C30H28N6O3. The minimum atomic E-state index is -0.209. The first-order valence-electron chi connectivity index (χ1n) is 12.7. The van der Waals surface area contributed by atoms with E-state index in [4.69, 9.17) is 9.72 Å². The molecular weight excluding hydrogens is 492 g/mol. The largest absolute Gasteiger partial charge is 0.508 e. The van der Waals surface area contributed by atoms with Crippen LogP contribution in [0.15, 0.2) is 79.0 Å². The van der Waals surface area contributed by atoms with Crippen LogP contribution in [-0.2, 0) is 6.54 Å². The minimum Gasteiger partial charge on any atom is -0.508 e. The standard InChI is InChI=1S/C30H28N6O3/c1-17-6-5-11-36-16-20(33-28(17)36)15-32-29(38)19-8-9-24-25(13-19)35-27(34-24)23-14-22(18(2)12-26(23)37)21-7-4-10-31-30(21)39-3/h4-14,16,18,22,37H,15H2,1-3H3,(H,32,38)(H,34,35). The molecule has 0 spiro atoms. The molecule has 0 saturated carbocycles. The van der Waals surface area contributed by atoms with Gasteiger partial charge >= 0.3 is 0 Å². The number of fused-ring (bicyclic) bond motifs is 2. The molecule has 3 N–H and O–H groups in total. The van der Waals surface area contributed by atoms with E-state index in [0.29, 0.717) is 40.4 Å². The Morgan fingerprint density at radius 1 is 1.18 bits per heavy atom. The zero-order valence-electron chi connectivity index (χ0n) is 21.8. The van der Waals surface area contributed by atoms with Crippen LogP contribution in [0.3, 0.4) is 0 Å². The quantitative estimate of drug-likeness (QED) is 0.286. The highest BCUT2D eigenvalue weighted by atomic mass is 16.5. The molecule has 0 fully saturated rings. The maximum absolute atomic E-state index is 12.9. The van der Waals surface area contributed by atoms with Crippen molar-refractivity contribution in [3.63, 3.8) is 0 Å². The zero-order valence-corrected chi connectivity index (χ0v) is 21.8. The van der Waals surface area contributed by atoms with Gasteiger partial charge in [0.05, 0.1) is 36.0 Å². The lowest BCUT2D eigenvalue weighted by Gasteiger charge is -2.25. The minimum absolute atomic E-state index is 0.0309. The van der Waals surface area contributed by atoms with Crippen LogP contribution in [0, 0.1) is 12.8 Å². The Labute approximate surface area is 224 Å². The number of nitrogens with one attached hydrogen (secondary N) is 2. The number of benzene rings is 1. The maximum Gasteiger partial charge on any atom is 0.251 e. The highest BCUT2D eigenvalue weighted by molar-refractivity contribution is 5.97. The summed E-state index contributed by atoms with van der Waals surface area (Å²) in [6.07, 6.45) is 9.36. The van der Waals surface area contributed by atoms with Gasteiger partial charge in [0.25, 0.3) is 5.91 Å². The van der Waals surface area contributed by atoms with Crippen LogP contribution in [-0.4, -0.2) is 42.5 Å². The number of H-pyrrole nitrogens is 1. The van der Waals surface area contributed by atoms with E-state index in [1.807, 2.05) is 67.1 Å². The maximum atomic E-state index is 12.9. The highest BCUT2D eigenvalue weighted by Crippen LogP contribution is 2.40. The predicted molar refractivity (Wildman–Crippen MR) is 149 cm³/mol.